The Bertz CT molecular complexity index is 492. The summed E-state index contributed by atoms with van der Waals surface area (Å²) in [5, 5.41) is 17.7. The number of nitriles is 1. The summed E-state index contributed by atoms with van der Waals surface area (Å²) in [6.45, 7) is 1.22. The standard InChI is InChI=1S/C14H17N3O2/c1-16(8-9-18)13-6-7-17(14(13)19)12-4-2-11(10-15)3-5-12/h2-5,13,18H,6-9H2,1H3. The fourth-order valence-electron chi connectivity index (χ4n) is 2.36. The molecule has 0 spiro atoms. The highest BCUT2D eigenvalue weighted by Crippen LogP contribution is 2.24. The molecule has 1 aliphatic heterocycles. The van der Waals surface area contributed by atoms with Crippen LogP contribution in [-0.2, 0) is 4.79 Å². The number of hydrogen-bond donors (Lipinski definition) is 1. The number of aliphatic hydroxyl groups is 1. The topological polar surface area (TPSA) is 67.6 Å². The Morgan fingerprint density at radius 3 is 2.74 bits per heavy atom. The molecule has 1 saturated heterocycles. The van der Waals surface area contributed by atoms with E-state index >= 15 is 0 Å². The van der Waals surface area contributed by atoms with Gasteiger partial charge in [-0.2, -0.15) is 5.26 Å². The molecule has 1 amide bonds. The van der Waals surface area contributed by atoms with Gasteiger partial charge in [0.25, 0.3) is 0 Å². The lowest BCUT2D eigenvalue weighted by atomic mass is 10.2. The molecule has 1 aromatic carbocycles. The van der Waals surface area contributed by atoms with Crippen LogP contribution in [0.4, 0.5) is 5.69 Å². The fraction of sp³-hybridized carbons (Fsp3) is 0.429. The first-order valence-corrected chi connectivity index (χ1v) is 6.30. The number of aliphatic hydroxyl groups excluding tert-OH is 1. The summed E-state index contributed by atoms with van der Waals surface area (Å²) in [6.07, 6.45) is 0.759. The molecule has 5 heteroatoms. The van der Waals surface area contributed by atoms with Gasteiger partial charge in [-0.15, -0.1) is 0 Å². The zero-order valence-corrected chi connectivity index (χ0v) is 10.9. The fourth-order valence-corrected chi connectivity index (χ4v) is 2.36. The highest BCUT2D eigenvalue weighted by Gasteiger charge is 2.34. The molecule has 1 aliphatic rings. The van der Waals surface area contributed by atoms with E-state index in [0.717, 1.165) is 12.1 Å². The van der Waals surface area contributed by atoms with Crippen molar-refractivity contribution < 1.29 is 9.90 Å². The smallest absolute Gasteiger partial charge is 0.244 e. The maximum atomic E-state index is 12.3. The molecule has 0 bridgehead atoms. The Morgan fingerprint density at radius 2 is 2.16 bits per heavy atom. The van der Waals surface area contributed by atoms with Gasteiger partial charge < -0.3 is 10.0 Å². The van der Waals surface area contributed by atoms with E-state index in [4.69, 9.17) is 10.4 Å². The summed E-state index contributed by atoms with van der Waals surface area (Å²) in [5.74, 6) is 0.0562. The van der Waals surface area contributed by atoms with Crippen molar-refractivity contribution in [3.8, 4) is 6.07 Å². The van der Waals surface area contributed by atoms with Gasteiger partial charge in [0.2, 0.25) is 5.91 Å². The molecule has 1 atom stereocenters. The van der Waals surface area contributed by atoms with Gasteiger partial charge in [-0.05, 0) is 37.7 Å². The van der Waals surface area contributed by atoms with E-state index in [1.807, 2.05) is 11.9 Å². The summed E-state index contributed by atoms with van der Waals surface area (Å²) in [6, 6.07) is 8.92. The number of amides is 1. The lowest BCUT2D eigenvalue weighted by molar-refractivity contribution is -0.121. The zero-order valence-electron chi connectivity index (χ0n) is 10.9. The minimum atomic E-state index is -0.164. The van der Waals surface area contributed by atoms with Gasteiger partial charge in [-0.3, -0.25) is 9.69 Å². The molecule has 2 rings (SSSR count). The Kier molecular flexibility index (Phi) is 4.15. The first-order chi connectivity index (χ1) is 9.17. The highest BCUT2D eigenvalue weighted by atomic mass is 16.3. The molecular weight excluding hydrogens is 242 g/mol. The Morgan fingerprint density at radius 1 is 1.47 bits per heavy atom. The number of carbonyl (C=O) groups is 1. The average Bonchev–Trinajstić information content (AvgIpc) is 2.81. The highest BCUT2D eigenvalue weighted by molar-refractivity contribution is 5.99. The third kappa shape index (κ3) is 2.75. The normalized spacial score (nSPS) is 18.9. The third-order valence-corrected chi connectivity index (χ3v) is 3.47. The number of anilines is 1. The van der Waals surface area contributed by atoms with Gasteiger partial charge in [0, 0.05) is 18.8 Å². The van der Waals surface area contributed by atoms with E-state index in [0.29, 0.717) is 18.7 Å². The predicted octanol–water partition coefficient (Wildman–Crippen LogP) is 0.588. The van der Waals surface area contributed by atoms with Crippen LogP contribution >= 0.6 is 0 Å². The maximum absolute atomic E-state index is 12.3. The minimum Gasteiger partial charge on any atom is -0.395 e. The predicted molar refractivity (Wildman–Crippen MR) is 71.6 cm³/mol. The lowest BCUT2D eigenvalue weighted by Crippen LogP contribution is -2.40. The van der Waals surface area contributed by atoms with E-state index < -0.39 is 0 Å². The molecular formula is C14H17N3O2. The van der Waals surface area contributed by atoms with E-state index in [-0.39, 0.29) is 18.6 Å². The molecule has 1 N–H and O–H groups in total. The van der Waals surface area contributed by atoms with Crippen LogP contribution in [0.3, 0.4) is 0 Å². The summed E-state index contributed by atoms with van der Waals surface area (Å²) in [4.78, 5) is 15.9. The number of rotatable bonds is 4. The van der Waals surface area contributed by atoms with Gasteiger partial charge in [0.05, 0.1) is 24.3 Å². The Labute approximate surface area is 112 Å². The molecule has 5 nitrogen and oxygen atoms in total. The van der Waals surface area contributed by atoms with Crippen molar-refractivity contribution in [2.24, 2.45) is 0 Å². The molecule has 0 saturated carbocycles. The van der Waals surface area contributed by atoms with E-state index in [9.17, 15) is 4.79 Å². The van der Waals surface area contributed by atoms with Crippen LogP contribution in [0.2, 0.25) is 0 Å². The van der Waals surface area contributed by atoms with E-state index in [1.54, 1.807) is 29.2 Å². The largest absolute Gasteiger partial charge is 0.395 e. The summed E-state index contributed by atoms with van der Waals surface area (Å²) < 4.78 is 0. The van der Waals surface area contributed by atoms with Crippen LogP contribution < -0.4 is 4.90 Å². The monoisotopic (exact) mass is 259 g/mol. The molecule has 0 radical (unpaired) electrons. The second kappa shape index (κ2) is 5.83. The number of nitrogens with zero attached hydrogens (tertiary/aromatic N) is 3. The molecule has 1 unspecified atom stereocenters. The number of hydrogen-bond acceptors (Lipinski definition) is 4. The van der Waals surface area contributed by atoms with Crippen molar-refractivity contribution >= 4 is 11.6 Å². The second-order valence-electron chi connectivity index (χ2n) is 4.66. The summed E-state index contributed by atoms with van der Waals surface area (Å²) in [5.41, 5.74) is 1.41. The van der Waals surface area contributed by atoms with E-state index in [2.05, 4.69) is 6.07 Å². The number of carbonyl (C=O) groups excluding carboxylic acids is 1. The van der Waals surface area contributed by atoms with Gasteiger partial charge in [0.1, 0.15) is 0 Å². The summed E-state index contributed by atoms with van der Waals surface area (Å²) >= 11 is 0. The number of benzene rings is 1. The minimum absolute atomic E-state index is 0.0527. The Hall–Kier alpha value is -1.90. The van der Waals surface area contributed by atoms with Crippen LogP contribution in [-0.4, -0.2) is 48.7 Å². The number of likely N-dealkylation sites (N-methyl/N-ethyl adjacent to an activating group) is 1. The van der Waals surface area contributed by atoms with Gasteiger partial charge in [-0.1, -0.05) is 0 Å². The molecule has 0 aromatic heterocycles. The molecule has 1 aromatic rings. The van der Waals surface area contributed by atoms with Crippen molar-refractivity contribution in [2.75, 3.05) is 31.6 Å². The lowest BCUT2D eigenvalue weighted by Gasteiger charge is -2.22. The SMILES string of the molecule is CN(CCO)C1CCN(c2ccc(C#N)cc2)C1=O. The first kappa shape index (κ1) is 13.5. The van der Waals surface area contributed by atoms with Crippen molar-refractivity contribution in [2.45, 2.75) is 12.5 Å². The second-order valence-corrected chi connectivity index (χ2v) is 4.66. The van der Waals surface area contributed by atoms with Gasteiger partial charge in [0.15, 0.2) is 0 Å². The van der Waals surface area contributed by atoms with Crippen molar-refractivity contribution in [1.82, 2.24) is 4.90 Å². The van der Waals surface area contributed by atoms with Crippen LogP contribution in [0, 0.1) is 11.3 Å². The zero-order chi connectivity index (χ0) is 13.8. The van der Waals surface area contributed by atoms with Crippen LogP contribution in [0.1, 0.15) is 12.0 Å². The summed E-state index contributed by atoms with van der Waals surface area (Å²) in [7, 11) is 1.85. The van der Waals surface area contributed by atoms with Crippen molar-refractivity contribution in [1.29, 1.82) is 5.26 Å². The van der Waals surface area contributed by atoms with Crippen LogP contribution in [0.25, 0.3) is 0 Å². The molecule has 1 fully saturated rings. The average molecular weight is 259 g/mol. The quantitative estimate of drug-likeness (QED) is 0.859. The molecule has 1 heterocycles. The van der Waals surface area contributed by atoms with Crippen LogP contribution in [0.5, 0.6) is 0 Å². The first-order valence-electron chi connectivity index (χ1n) is 6.30. The third-order valence-electron chi connectivity index (χ3n) is 3.47. The van der Waals surface area contributed by atoms with Gasteiger partial charge in [-0.25, -0.2) is 0 Å². The molecule has 19 heavy (non-hydrogen) atoms. The maximum Gasteiger partial charge on any atom is 0.244 e. The molecule has 0 aliphatic carbocycles. The van der Waals surface area contributed by atoms with Crippen LogP contribution in [0.15, 0.2) is 24.3 Å². The Balaban J connectivity index is 2.10. The molecule has 100 valence electrons. The van der Waals surface area contributed by atoms with Crippen molar-refractivity contribution in [3.63, 3.8) is 0 Å². The van der Waals surface area contributed by atoms with E-state index in [1.165, 1.54) is 0 Å². The van der Waals surface area contributed by atoms with Crippen molar-refractivity contribution in [3.05, 3.63) is 29.8 Å². The van der Waals surface area contributed by atoms with Gasteiger partial charge >= 0.3 is 0 Å².